The fourth-order valence-electron chi connectivity index (χ4n) is 2.25. The van der Waals surface area contributed by atoms with Crippen molar-refractivity contribution in [3.05, 3.63) is 34.6 Å². The van der Waals surface area contributed by atoms with Crippen LogP contribution < -0.4 is 10.6 Å². The topological polar surface area (TPSA) is 78.4 Å². The number of hydrogen-bond acceptors (Lipinski definition) is 2. The molecule has 1 aliphatic carbocycles. The lowest BCUT2D eigenvalue weighted by Gasteiger charge is -2.12. The molecule has 0 aromatic heterocycles. The van der Waals surface area contributed by atoms with Gasteiger partial charge >= 0.3 is 12.0 Å². The van der Waals surface area contributed by atoms with Crippen LogP contribution in [0.5, 0.6) is 0 Å². The van der Waals surface area contributed by atoms with Crippen molar-refractivity contribution in [1.82, 2.24) is 10.6 Å². The lowest BCUT2D eigenvalue weighted by atomic mass is 10.1. The van der Waals surface area contributed by atoms with Gasteiger partial charge in [0, 0.05) is 13.1 Å². The predicted molar refractivity (Wildman–Crippen MR) is 75.4 cm³/mol. The number of carboxylic acid groups (broad SMARTS) is 1. The second kappa shape index (κ2) is 5.71. The van der Waals surface area contributed by atoms with Gasteiger partial charge in [-0.05, 0) is 43.4 Å². The summed E-state index contributed by atoms with van der Waals surface area (Å²) in [5.74, 6) is -1.10. The minimum Gasteiger partial charge on any atom is -0.481 e. The highest BCUT2D eigenvalue weighted by atomic mass is 19.1. The Balaban J connectivity index is 1.83. The van der Waals surface area contributed by atoms with Crippen molar-refractivity contribution >= 4 is 12.0 Å². The molecule has 0 bridgehead atoms. The number of aliphatic carboxylic acids is 1. The van der Waals surface area contributed by atoms with Crippen molar-refractivity contribution in [2.24, 2.45) is 5.41 Å². The van der Waals surface area contributed by atoms with Gasteiger partial charge in [-0.3, -0.25) is 4.79 Å². The van der Waals surface area contributed by atoms with Crippen molar-refractivity contribution in [1.29, 1.82) is 0 Å². The van der Waals surface area contributed by atoms with Crippen LogP contribution in [-0.2, 0) is 11.3 Å². The van der Waals surface area contributed by atoms with Crippen LogP contribution in [0.1, 0.15) is 29.5 Å². The van der Waals surface area contributed by atoms with Gasteiger partial charge in [-0.25, -0.2) is 9.18 Å². The fraction of sp³-hybridized carbons (Fsp3) is 0.467. The molecule has 1 fully saturated rings. The van der Waals surface area contributed by atoms with Crippen molar-refractivity contribution in [2.45, 2.75) is 33.2 Å². The highest BCUT2D eigenvalue weighted by molar-refractivity contribution is 5.80. The van der Waals surface area contributed by atoms with Crippen molar-refractivity contribution in [3.63, 3.8) is 0 Å². The van der Waals surface area contributed by atoms with E-state index in [0.29, 0.717) is 24.0 Å². The van der Waals surface area contributed by atoms with E-state index in [1.165, 1.54) is 0 Å². The lowest BCUT2D eigenvalue weighted by Crippen LogP contribution is -2.40. The fourth-order valence-corrected chi connectivity index (χ4v) is 2.25. The summed E-state index contributed by atoms with van der Waals surface area (Å²) in [6, 6.07) is 2.95. The molecule has 5 nitrogen and oxygen atoms in total. The standard InChI is InChI=1S/C15H19FN2O3/c1-9-5-11(6-10(2)12(9)16)7-17-14(21)18-8-15(3-4-15)13(19)20/h5-6H,3-4,7-8H2,1-2H3,(H,19,20)(H2,17,18,21). The largest absolute Gasteiger partial charge is 0.481 e. The molecule has 0 heterocycles. The first-order chi connectivity index (χ1) is 9.84. The normalized spacial score (nSPS) is 15.4. The van der Waals surface area contributed by atoms with E-state index in [2.05, 4.69) is 10.6 Å². The van der Waals surface area contributed by atoms with E-state index in [1.807, 2.05) is 0 Å². The summed E-state index contributed by atoms with van der Waals surface area (Å²) < 4.78 is 13.5. The first kappa shape index (κ1) is 15.3. The summed E-state index contributed by atoms with van der Waals surface area (Å²) in [7, 11) is 0. The minimum absolute atomic E-state index is 0.135. The van der Waals surface area contributed by atoms with Gasteiger partial charge in [0.05, 0.1) is 5.41 Å². The molecule has 0 aliphatic heterocycles. The molecular weight excluding hydrogens is 275 g/mol. The summed E-state index contributed by atoms with van der Waals surface area (Å²) in [6.07, 6.45) is 1.19. The molecule has 2 rings (SSSR count). The highest BCUT2D eigenvalue weighted by Crippen LogP contribution is 2.45. The SMILES string of the molecule is Cc1cc(CNC(=O)NCC2(C(=O)O)CC2)cc(C)c1F. The third kappa shape index (κ3) is 3.51. The average Bonchev–Trinajstić information content (AvgIpc) is 3.21. The number of rotatable bonds is 5. The second-order valence-electron chi connectivity index (χ2n) is 5.67. The van der Waals surface area contributed by atoms with Gasteiger partial charge in [0.1, 0.15) is 5.82 Å². The Morgan fingerprint density at radius 3 is 2.29 bits per heavy atom. The number of amides is 2. The molecule has 21 heavy (non-hydrogen) atoms. The molecule has 1 saturated carbocycles. The zero-order chi connectivity index (χ0) is 15.6. The van der Waals surface area contributed by atoms with Crippen LogP contribution in [0.2, 0.25) is 0 Å². The Kier molecular flexibility index (Phi) is 4.16. The van der Waals surface area contributed by atoms with Crippen LogP contribution in [0, 0.1) is 25.1 Å². The number of urea groups is 1. The second-order valence-corrected chi connectivity index (χ2v) is 5.67. The lowest BCUT2D eigenvalue weighted by molar-refractivity contribution is -0.143. The number of carbonyl (C=O) groups is 2. The quantitative estimate of drug-likeness (QED) is 0.778. The van der Waals surface area contributed by atoms with Gasteiger partial charge in [-0.15, -0.1) is 0 Å². The summed E-state index contributed by atoms with van der Waals surface area (Å²) in [5, 5.41) is 14.2. The molecule has 0 radical (unpaired) electrons. The molecule has 3 N–H and O–H groups in total. The zero-order valence-electron chi connectivity index (χ0n) is 12.1. The Morgan fingerprint density at radius 1 is 1.24 bits per heavy atom. The van der Waals surface area contributed by atoms with E-state index in [-0.39, 0.29) is 18.9 Å². The molecule has 6 heteroatoms. The van der Waals surface area contributed by atoms with Crippen molar-refractivity contribution in [2.75, 3.05) is 6.54 Å². The molecule has 0 saturated heterocycles. The molecule has 2 amide bonds. The minimum atomic E-state index is -0.868. The van der Waals surface area contributed by atoms with Gasteiger partial charge in [0.2, 0.25) is 0 Å². The van der Waals surface area contributed by atoms with Crippen LogP contribution in [-0.4, -0.2) is 23.7 Å². The Hall–Kier alpha value is -2.11. The first-order valence-corrected chi connectivity index (χ1v) is 6.85. The van der Waals surface area contributed by atoms with Crippen LogP contribution in [0.4, 0.5) is 9.18 Å². The van der Waals surface area contributed by atoms with E-state index >= 15 is 0 Å². The van der Waals surface area contributed by atoms with E-state index in [1.54, 1.807) is 26.0 Å². The molecular formula is C15H19FN2O3. The first-order valence-electron chi connectivity index (χ1n) is 6.85. The summed E-state index contributed by atoms with van der Waals surface area (Å²) >= 11 is 0. The van der Waals surface area contributed by atoms with Gasteiger partial charge in [0.15, 0.2) is 0 Å². The molecule has 114 valence electrons. The Morgan fingerprint density at radius 2 is 1.81 bits per heavy atom. The zero-order valence-corrected chi connectivity index (χ0v) is 12.1. The van der Waals surface area contributed by atoms with E-state index in [9.17, 15) is 14.0 Å². The molecule has 1 aromatic carbocycles. The molecule has 0 spiro atoms. The number of halogens is 1. The van der Waals surface area contributed by atoms with Gasteiger partial charge in [0.25, 0.3) is 0 Å². The Labute approximate surface area is 122 Å². The van der Waals surface area contributed by atoms with E-state index < -0.39 is 17.4 Å². The van der Waals surface area contributed by atoms with Crippen molar-refractivity contribution in [3.8, 4) is 0 Å². The number of carbonyl (C=O) groups excluding carboxylic acids is 1. The number of hydrogen-bond donors (Lipinski definition) is 3. The third-order valence-corrected chi connectivity index (χ3v) is 3.84. The Bertz CT molecular complexity index is 559. The maximum absolute atomic E-state index is 13.5. The number of carboxylic acids is 1. The van der Waals surface area contributed by atoms with Crippen LogP contribution in [0.15, 0.2) is 12.1 Å². The molecule has 1 aromatic rings. The maximum atomic E-state index is 13.5. The smallest absolute Gasteiger partial charge is 0.315 e. The van der Waals surface area contributed by atoms with E-state index in [0.717, 1.165) is 5.56 Å². The van der Waals surface area contributed by atoms with E-state index in [4.69, 9.17) is 5.11 Å². The predicted octanol–water partition coefficient (Wildman–Crippen LogP) is 2.11. The number of aryl methyl sites for hydroxylation is 2. The number of benzene rings is 1. The van der Waals surface area contributed by atoms with Crippen LogP contribution in [0.25, 0.3) is 0 Å². The third-order valence-electron chi connectivity index (χ3n) is 3.84. The highest BCUT2D eigenvalue weighted by Gasteiger charge is 2.50. The summed E-state index contributed by atoms with van der Waals surface area (Å²) in [4.78, 5) is 22.6. The van der Waals surface area contributed by atoms with Crippen molar-refractivity contribution < 1.29 is 19.1 Å². The molecule has 0 unspecified atom stereocenters. The maximum Gasteiger partial charge on any atom is 0.315 e. The molecule has 1 aliphatic rings. The average molecular weight is 294 g/mol. The number of nitrogens with one attached hydrogen (secondary N) is 2. The molecule has 0 atom stereocenters. The van der Waals surface area contributed by atoms with Crippen LogP contribution in [0.3, 0.4) is 0 Å². The van der Waals surface area contributed by atoms with Gasteiger partial charge in [-0.1, -0.05) is 12.1 Å². The summed E-state index contributed by atoms with van der Waals surface area (Å²) in [5.41, 5.74) is 1.10. The van der Waals surface area contributed by atoms with Gasteiger partial charge < -0.3 is 15.7 Å². The van der Waals surface area contributed by atoms with Crippen LogP contribution >= 0.6 is 0 Å². The monoisotopic (exact) mass is 294 g/mol. The van der Waals surface area contributed by atoms with Gasteiger partial charge in [-0.2, -0.15) is 0 Å². The summed E-state index contributed by atoms with van der Waals surface area (Å²) in [6.45, 7) is 3.76.